The number of carboxylic acid groups (broad SMARTS) is 1. The molecule has 0 spiro atoms. The normalized spacial score (nSPS) is 10.9. The molecule has 0 unspecified atom stereocenters. The molecule has 6 heteroatoms. The van der Waals surface area contributed by atoms with Crippen LogP contribution in [0.15, 0.2) is 42.6 Å². The second-order valence-corrected chi connectivity index (χ2v) is 4.17. The molecule has 3 aromatic rings. The summed E-state index contributed by atoms with van der Waals surface area (Å²) in [5, 5.41) is 9.29. The van der Waals surface area contributed by atoms with Gasteiger partial charge in [-0.3, -0.25) is 4.40 Å². The molecule has 1 N–H and O–H groups in total. The Morgan fingerprint density at radius 1 is 1.15 bits per heavy atom. The third kappa shape index (κ3) is 1.82. The molecule has 0 aliphatic heterocycles. The van der Waals surface area contributed by atoms with Crippen LogP contribution in [0.1, 0.15) is 10.5 Å². The lowest BCUT2D eigenvalue weighted by atomic mass is 10.1. The van der Waals surface area contributed by atoms with Crippen molar-refractivity contribution in [2.45, 2.75) is 0 Å². The van der Waals surface area contributed by atoms with Gasteiger partial charge in [-0.25, -0.2) is 18.6 Å². The molecule has 0 fully saturated rings. The quantitative estimate of drug-likeness (QED) is 0.781. The van der Waals surface area contributed by atoms with E-state index in [-0.39, 0.29) is 22.6 Å². The summed E-state index contributed by atoms with van der Waals surface area (Å²) in [7, 11) is 0. The second kappa shape index (κ2) is 4.41. The highest BCUT2D eigenvalue weighted by Crippen LogP contribution is 2.27. The number of nitrogens with zero attached hydrogens (tertiary/aromatic N) is 2. The van der Waals surface area contributed by atoms with Crippen molar-refractivity contribution in [2.24, 2.45) is 0 Å². The van der Waals surface area contributed by atoms with Crippen LogP contribution in [-0.2, 0) is 0 Å². The highest BCUT2D eigenvalue weighted by Gasteiger charge is 2.22. The van der Waals surface area contributed by atoms with Crippen LogP contribution in [-0.4, -0.2) is 20.5 Å². The average molecular weight is 274 g/mol. The van der Waals surface area contributed by atoms with Gasteiger partial charge in [-0.2, -0.15) is 0 Å². The van der Waals surface area contributed by atoms with Gasteiger partial charge >= 0.3 is 5.97 Å². The fraction of sp³-hybridized carbons (Fsp3) is 0. The minimum Gasteiger partial charge on any atom is -0.476 e. The smallest absolute Gasteiger partial charge is 0.355 e. The second-order valence-electron chi connectivity index (χ2n) is 4.17. The predicted molar refractivity (Wildman–Crippen MR) is 67.5 cm³/mol. The van der Waals surface area contributed by atoms with Crippen LogP contribution in [0.4, 0.5) is 8.78 Å². The number of aromatic nitrogens is 2. The summed E-state index contributed by atoms with van der Waals surface area (Å²) in [6, 6.07) is 8.22. The Morgan fingerprint density at radius 2 is 1.90 bits per heavy atom. The number of carboxylic acids is 1. The molecule has 2 heterocycles. The minimum absolute atomic E-state index is 0.0267. The Bertz CT molecular complexity index is 827. The number of benzene rings is 1. The van der Waals surface area contributed by atoms with Gasteiger partial charge in [0.05, 0.1) is 0 Å². The number of carbonyl (C=O) groups is 1. The number of aromatic carboxylic acids is 1. The molecule has 0 saturated carbocycles. The summed E-state index contributed by atoms with van der Waals surface area (Å²) in [6.45, 7) is 0. The standard InChI is InChI=1S/C14H8F2N2O2/c15-8-5-6-11-17-12(9-3-1-2-4-10(9)16)13(14(19)20)18(11)7-8/h1-7H,(H,19,20). The van der Waals surface area contributed by atoms with Crippen LogP contribution in [0, 0.1) is 11.6 Å². The van der Waals surface area contributed by atoms with Crippen molar-refractivity contribution in [3.8, 4) is 11.3 Å². The van der Waals surface area contributed by atoms with Crippen molar-refractivity contribution in [3.05, 3.63) is 59.9 Å². The molecule has 100 valence electrons. The van der Waals surface area contributed by atoms with E-state index in [4.69, 9.17) is 0 Å². The maximum atomic E-state index is 13.8. The molecule has 3 rings (SSSR count). The minimum atomic E-state index is -1.30. The molecule has 0 amide bonds. The Balaban J connectivity index is 2.39. The van der Waals surface area contributed by atoms with Crippen LogP contribution < -0.4 is 0 Å². The Morgan fingerprint density at radius 3 is 2.60 bits per heavy atom. The molecule has 0 aliphatic rings. The molecule has 20 heavy (non-hydrogen) atoms. The highest BCUT2D eigenvalue weighted by molar-refractivity contribution is 5.94. The lowest BCUT2D eigenvalue weighted by Gasteiger charge is -2.01. The maximum Gasteiger partial charge on any atom is 0.355 e. The topological polar surface area (TPSA) is 54.6 Å². The average Bonchev–Trinajstić information content (AvgIpc) is 2.77. The largest absolute Gasteiger partial charge is 0.476 e. The SMILES string of the molecule is O=C(O)c1c(-c2ccccc2F)nc2ccc(F)cn12. The first-order chi connectivity index (χ1) is 9.58. The van der Waals surface area contributed by atoms with Crippen molar-refractivity contribution in [1.82, 2.24) is 9.38 Å². The van der Waals surface area contributed by atoms with E-state index in [0.717, 1.165) is 10.6 Å². The summed E-state index contributed by atoms with van der Waals surface area (Å²) < 4.78 is 28.2. The van der Waals surface area contributed by atoms with E-state index in [1.165, 1.54) is 30.3 Å². The first kappa shape index (κ1) is 12.3. The van der Waals surface area contributed by atoms with E-state index in [1.54, 1.807) is 6.07 Å². The van der Waals surface area contributed by atoms with Crippen LogP contribution in [0.5, 0.6) is 0 Å². The monoisotopic (exact) mass is 274 g/mol. The lowest BCUT2D eigenvalue weighted by Crippen LogP contribution is -2.04. The van der Waals surface area contributed by atoms with Gasteiger partial charge in [0.15, 0.2) is 5.69 Å². The van der Waals surface area contributed by atoms with Crippen molar-refractivity contribution in [1.29, 1.82) is 0 Å². The fourth-order valence-corrected chi connectivity index (χ4v) is 2.06. The number of rotatable bonds is 2. The van der Waals surface area contributed by atoms with Gasteiger partial charge < -0.3 is 5.11 Å². The van der Waals surface area contributed by atoms with Crippen molar-refractivity contribution in [3.63, 3.8) is 0 Å². The molecular weight excluding hydrogens is 266 g/mol. The number of halogens is 2. The van der Waals surface area contributed by atoms with Crippen molar-refractivity contribution >= 4 is 11.6 Å². The van der Waals surface area contributed by atoms with Gasteiger partial charge in [0.25, 0.3) is 0 Å². The van der Waals surface area contributed by atoms with Crippen molar-refractivity contribution < 1.29 is 18.7 Å². The highest BCUT2D eigenvalue weighted by atomic mass is 19.1. The number of imidazole rings is 1. The van der Waals surface area contributed by atoms with Crippen LogP contribution in [0.3, 0.4) is 0 Å². The van der Waals surface area contributed by atoms with Crippen LogP contribution >= 0.6 is 0 Å². The maximum absolute atomic E-state index is 13.8. The summed E-state index contributed by atoms with van der Waals surface area (Å²) in [4.78, 5) is 15.5. The lowest BCUT2D eigenvalue weighted by molar-refractivity contribution is 0.0690. The third-order valence-electron chi connectivity index (χ3n) is 2.91. The number of hydrogen-bond acceptors (Lipinski definition) is 2. The Labute approximate surface area is 111 Å². The summed E-state index contributed by atoms with van der Waals surface area (Å²) in [5.74, 6) is -2.49. The zero-order valence-corrected chi connectivity index (χ0v) is 10.0. The zero-order chi connectivity index (χ0) is 14.3. The van der Waals surface area contributed by atoms with E-state index in [1.807, 2.05) is 0 Å². The first-order valence-corrected chi connectivity index (χ1v) is 5.74. The molecular formula is C14H8F2N2O2. The molecule has 4 nitrogen and oxygen atoms in total. The van der Waals surface area contributed by atoms with Gasteiger partial charge in [-0.1, -0.05) is 12.1 Å². The summed E-state index contributed by atoms with van der Waals surface area (Å²) in [5.41, 5.74) is 0.00172. The van der Waals surface area contributed by atoms with Crippen LogP contribution in [0.2, 0.25) is 0 Å². The molecule has 1 aromatic carbocycles. The van der Waals surface area contributed by atoms with Gasteiger partial charge in [0.1, 0.15) is 23.0 Å². The summed E-state index contributed by atoms with van der Waals surface area (Å²) in [6.07, 6.45) is 1.01. The van der Waals surface area contributed by atoms with Gasteiger partial charge in [0, 0.05) is 11.8 Å². The Kier molecular flexibility index (Phi) is 2.71. The van der Waals surface area contributed by atoms with E-state index < -0.39 is 17.6 Å². The molecule has 2 aromatic heterocycles. The van der Waals surface area contributed by atoms with Crippen molar-refractivity contribution in [2.75, 3.05) is 0 Å². The van der Waals surface area contributed by atoms with E-state index in [2.05, 4.69) is 4.98 Å². The van der Waals surface area contributed by atoms with Gasteiger partial charge in [0.2, 0.25) is 0 Å². The predicted octanol–water partition coefficient (Wildman–Crippen LogP) is 2.98. The van der Waals surface area contributed by atoms with Gasteiger partial charge in [-0.05, 0) is 24.3 Å². The number of hydrogen-bond donors (Lipinski definition) is 1. The molecule has 0 radical (unpaired) electrons. The molecule has 0 saturated heterocycles. The zero-order valence-electron chi connectivity index (χ0n) is 10.0. The number of fused-ring (bicyclic) bond motifs is 1. The number of pyridine rings is 1. The third-order valence-corrected chi connectivity index (χ3v) is 2.91. The molecule has 0 atom stereocenters. The molecule has 0 bridgehead atoms. The summed E-state index contributed by atoms with van der Waals surface area (Å²) >= 11 is 0. The first-order valence-electron chi connectivity index (χ1n) is 5.74. The van der Waals surface area contributed by atoms with Crippen LogP contribution in [0.25, 0.3) is 16.9 Å². The Hall–Kier alpha value is -2.76. The van der Waals surface area contributed by atoms with E-state index in [9.17, 15) is 18.7 Å². The van der Waals surface area contributed by atoms with E-state index >= 15 is 0 Å². The molecule has 0 aliphatic carbocycles. The fourth-order valence-electron chi connectivity index (χ4n) is 2.06. The van der Waals surface area contributed by atoms with E-state index in [0.29, 0.717) is 0 Å². The van der Waals surface area contributed by atoms with Gasteiger partial charge in [-0.15, -0.1) is 0 Å².